The molecular formula is C16H17F6NO3. The molecule has 10 heteroatoms. The molecule has 1 N–H and O–H groups in total. The van der Waals surface area contributed by atoms with Crippen molar-refractivity contribution in [3.63, 3.8) is 0 Å². The van der Waals surface area contributed by atoms with Crippen LogP contribution in [0.5, 0.6) is 0 Å². The van der Waals surface area contributed by atoms with Crippen molar-refractivity contribution in [2.45, 2.75) is 24.9 Å². The van der Waals surface area contributed by atoms with Gasteiger partial charge in [0.1, 0.15) is 0 Å². The first kappa shape index (κ1) is 20.5. The second kappa shape index (κ2) is 7.83. The van der Waals surface area contributed by atoms with Gasteiger partial charge in [-0.3, -0.25) is 9.69 Å². The highest BCUT2D eigenvalue weighted by molar-refractivity contribution is 5.67. The van der Waals surface area contributed by atoms with E-state index >= 15 is 0 Å². The van der Waals surface area contributed by atoms with E-state index in [1.54, 1.807) is 0 Å². The first-order valence-corrected chi connectivity index (χ1v) is 7.76. The van der Waals surface area contributed by atoms with Crippen LogP contribution in [-0.4, -0.2) is 48.4 Å². The van der Waals surface area contributed by atoms with Gasteiger partial charge in [-0.25, -0.2) is 0 Å². The first-order valence-electron chi connectivity index (χ1n) is 7.76. The number of alkyl halides is 6. The van der Waals surface area contributed by atoms with Crippen molar-refractivity contribution in [3.8, 4) is 0 Å². The Bertz CT molecular complexity index is 631. The maximum atomic E-state index is 13.0. The fourth-order valence-corrected chi connectivity index (χ4v) is 2.79. The second-order valence-electron chi connectivity index (χ2n) is 6.08. The van der Waals surface area contributed by atoms with Crippen LogP contribution in [0.4, 0.5) is 26.3 Å². The quantitative estimate of drug-likeness (QED) is 0.785. The summed E-state index contributed by atoms with van der Waals surface area (Å²) in [6, 6.07) is 4.44. The Morgan fingerprint density at radius 1 is 1.27 bits per heavy atom. The highest BCUT2D eigenvalue weighted by atomic mass is 19.4. The van der Waals surface area contributed by atoms with E-state index in [9.17, 15) is 31.1 Å². The number of benzene rings is 1. The molecule has 2 rings (SSSR count). The van der Waals surface area contributed by atoms with Gasteiger partial charge in [-0.05, 0) is 17.7 Å². The molecule has 1 fully saturated rings. The van der Waals surface area contributed by atoms with Crippen LogP contribution in [-0.2, 0) is 15.7 Å². The van der Waals surface area contributed by atoms with Gasteiger partial charge in [0.15, 0.2) is 0 Å². The molecular weight excluding hydrogens is 368 g/mol. The van der Waals surface area contributed by atoms with E-state index in [0.717, 1.165) is 12.1 Å². The molecule has 0 saturated carbocycles. The molecule has 146 valence electrons. The van der Waals surface area contributed by atoms with Crippen LogP contribution in [0, 0.1) is 5.92 Å². The van der Waals surface area contributed by atoms with Gasteiger partial charge in [0.2, 0.25) is 0 Å². The summed E-state index contributed by atoms with van der Waals surface area (Å²) in [6.45, 7) is -0.414. The Hall–Kier alpha value is -1.81. The molecule has 0 amide bonds. The van der Waals surface area contributed by atoms with Crippen molar-refractivity contribution in [2.24, 2.45) is 5.92 Å². The minimum absolute atomic E-state index is 0.0402. The van der Waals surface area contributed by atoms with Gasteiger partial charge >= 0.3 is 18.3 Å². The molecule has 0 aromatic heterocycles. The van der Waals surface area contributed by atoms with Crippen molar-refractivity contribution in [3.05, 3.63) is 35.4 Å². The first-order chi connectivity index (χ1) is 12.0. The normalized spacial score (nSPS) is 20.8. The number of ether oxygens (including phenoxy) is 1. The largest absolute Gasteiger partial charge is 0.481 e. The van der Waals surface area contributed by atoms with Gasteiger partial charge in [0.25, 0.3) is 0 Å². The van der Waals surface area contributed by atoms with Gasteiger partial charge in [0, 0.05) is 19.6 Å². The van der Waals surface area contributed by atoms with Crippen LogP contribution < -0.4 is 0 Å². The molecule has 1 aromatic carbocycles. The summed E-state index contributed by atoms with van der Waals surface area (Å²) in [4.78, 5) is 12.0. The molecule has 1 aromatic rings. The van der Waals surface area contributed by atoms with E-state index in [4.69, 9.17) is 9.84 Å². The predicted octanol–water partition coefficient (Wildman–Crippen LogP) is 3.73. The minimum atomic E-state index is -4.68. The van der Waals surface area contributed by atoms with E-state index in [0.29, 0.717) is 0 Å². The Labute approximate surface area is 145 Å². The Kier molecular flexibility index (Phi) is 6.17. The third-order valence-electron chi connectivity index (χ3n) is 4.10. The predicted molar refractivity (Wildman–Crippen MR) is 78.4 cm³/mol. The molecule has 1 saturated heterocycles. The van der Waals surface area contributed by atoms with Crippen molar-refractivity contribution < 1.29 is 41.0 Å². The van der Waals surface area contributed by atoms with Gasteiger partial charge < -0.3 is 9.84 Å². The topological polar surface area (TPSA) is 49.8 Å². The average Bonchev–Trinajstić information content (AvgIpc) is 2.53. The maximum Gasteiger partial charge on any atom is 0.416 e. The zero-order valence-electron chi connectivity index (χ0n) is 13.5. The van der Waals surface area contributed by atoms with Crippen LogP contribution in [0.15, 0.2) is 24.3 Å². The maximum absolute atomic E-state index is 13.0. The van der Waals surface area contributed by atoms with Gasteiger partial charge in [-0.15, -0.1) is 0 Å². The number of aliphatic carboxylic acids is 1. The highest BCUT2D eigenvalue weighted by Gasteiger charge is 2.42. The number of carboxylic acid groups (broad SMARTS) is 1. The number of nitrogens with zero attached hydrogens (tertiary/aromatic N) is 1. The number of carboxylic acids is 1. The van der Waals surface area contributed by atoms with Crippen molar-refractivity contribution in [1.82, 2.24) is 4.90 Å². The second-order valence-corrected chi connectivity index (χ2v) is 6.08. The van der Waals surface area contributed by atoms with E-state index < -0.39 is 48.9 Å². The average molecular weight is 385 g/mol. The number of halogens is 6. The summed E-state index contributed by atoms with van der Waals surface area (Å²) in [6.07, 6.45) is -11.1. The lowest BCUT2D eigenvalue weighted by Crippen LogP contribution is -2.44. The standard InChI is InChI=1S/C16H17F6NO3/c17-15(18,19)11-3-1-2-10(6-11)13-9-23(4-5-26-13)8-12(7-14(24)25)16(20,21)22/h1-3,6,12-13H,4-5,7-9H2,(H,24,25)/t12-,13+/m1/s1. The monoisotopic (exact) mass is 385 g/mol. The molecule has 0 spiro atoms. The lowest BCUT2D eigenvalue weighted by molar-refractivity contribution is -0.189. The third-order valence-corrected chi connectivity index (χ3v) is 4.10. The minimum Gasteiger partial charge on any atom is -0.481 e. The Morgan fingerprint density at radius 3 is 2.54 bits per heavy atom. The molecule has 0 bridgehead atoms. The molecule has 1 aliphatic heterocycles. The summed E-state index contributed by atoms with van der Waals surface area (Å²) in [5, 5.41) is 8.66. The third kappa shape index (κ3) is 5.60. The summed E-state index contributed by atoms with van der Waals surface area (Å²) < 4.78 is 82.8. The summed E-state index contributed by atoms with van der Waals surface area (Å²) in [5.74, 6) is -3.62. The molecule has 4 nitrogen and oxygen atoms in total. The Morgan fingerprint density at radius 2 is 1.96 bits per heavy atom. The molecule has 0 unspecified atom stereocenters. The lowest BCUT2D eigenvalue weighted by Gasteiger charge is -2.35. The molecule has 2 atom stereocenters. The van der Waals surface area contributed by atoms with Crippen LogP contribution in [0.25, 0.3) is 0 Å². The van der Waals surface area contributed by atoms with Crippen molar-refractivity contribution >= 4 is 5.97 Å². The molecule has 0 radical (unpaired) electrons. The number of morpholine rings is 1. The summed E-state index contributed by atoms with van der Waals surface area (Å²) in [7, 11) is 0. The Balaban J connectivity index is 2.10. The smallest absolute Gasteiger partial charge is 0.416 e. The number of hydrogen-bond donors (Lipinski definition) is 1. The van der Waals surface area contributed by atoms with Crippen LogP contribution in [0.3, 0.4) is 0 Å². The zero-order chi connectivity index (χ0) is 19.5. The van der Waals surface area contributed by atoms with E-state index in [-0.39, 0.29) is 25.3 Å². The number of hydrogen-bond acceptors (Lipinski definition) is 3. The van der Waals surface area contributed by atoms with Crippen LogP contribution >= 0.6 is 0 Å². The summed E-state index contributed by atoms with van der Waals surface area (Å²) >= 11 is 0. The molecule has 1 aliphatic rings. The van der Waals surface area contributed by atoms with Crippen molar-refractivity contribution in [2.75, 3.05) is 26.2 Å². The van der Waals surface area contributed by atoms with Crippen LogP contribution in [0.1, 0.15) is 23.7 Å². The van der Waals surface area contributed by atoms with Gasteiger partial charge in [-0.2, -0.15) is 26.3 Å². The van der Waals surface area contributed by atoms with Gasteiger partial charge in [0.05, 0.1) is 30.6 Å². The van der Waals surface area contributed by atoms with Gasteiger partial charge in [-0.1, -0.05) is 12.1 Å². The van der Waals surface area contributed by atoms with E-state index in [2.05, 4.69) is 0 Å². The fraction of sp³-hybridized carbons (Fsp3) is 0.562. The SMILES string of the molecule is O=C(O)C[C@H](CN1CCO[C@H](c2cccc(C(F)(F)F)c2)C1)C(F)(F)F. The molecule has 26 heavy (non-hydrogen) atoms. The molecule has 1 heterocycles. The van der Waals surface area contributed by atoms with E-state index in [1.807, 2.05) is 0 Å². The fourth-order valence-electron chi connectivity index (χ4n) is 2.79. The lowest BCUT2D eigenvalue weighted by atomic mass is 10.0. The summed E-state index contributed by atoms with van der Waals surface area (Å²) in [5.41, 5.74) is -0.652. The highest BCUT2D eigenvalue weighted by Crippen LogP contribution is 2.34. The van der Waals surface area contributed by atoms with Crippen molar-refractivity contribution in [1.29, 1.82) is 0 Å². The zero-order valence-corrected chi connectivity index (χ0v) is 13.5. The van der Waals surface area contributed by atoms with Crippen LogP contribution in [0.2, 0.25) is 0 Å². The molecule has 0 aliphatic carbocycles. The number of rotatable bonds is 5. The number of carbonyl (C=O) groups is 1. The van der Waals surface area contributed by atoms with E-state index in [1.165, 1.54) is 17.0 Å².